The molecule has 0 amide bonds. The molecule has 5 nitrogen and oxygen atoms in total. The van der Waals surface area contributed by atoms with Crippen molar-refractivity contribution in [2.24, 2.45) is 5.10 Å². The molecule has 0 radical (unpaired) electrons. The lowest BCUT2D eigenvalue weighted by molar-refractivity contribution is -0.0190. The van der Waals surface area contributed by atoms with Crippen LogP contribution in [0.5, 0.6) is 17.2 Å². The summed E-state index contributed by atoms with van der Waals surface area (Å²) < 4.78 is 17.8. The highest BCUT2D eigenvalue weighted by Crippen LogP contribution is 2.47. The maximum Gasteiger partial charge on any atom is 0.213 e. The van der Waals surface area contributed by atoms with E-state index in [-0.39, 0.29) is 12.3 Å². The zero-order valence-electron chi connectivity index (χ0n) is 18.8. The maximum atomic E-state index is 6.45. The van der Waals surface area contributed by atoms with Crippen LogP contribution in [0.3, 0.4) is 0 Å². The van der Waals surface area contributed by atoms with Gasteiger partial charge in [0.1, 0.15) is 23.9 Å². The van der Waals surface area contributed by atoms with Gasteiger partial charge in [0.25, 0.3) is 0 Å². The van der Waals surface area contributed by atoms with E-state index < -0.39 is 0 Å². The highest BCUT2D eigenvalue weighted by molar-refractivity contribution is 6.02. The van der Waals surface area contributed by atoms with Crippen molar-refractivity contribution in [3.05, 3.63) is 102 Å². The quantitative estimate of drug-likeness (QED) is 0.387. The minimum absolute atomic E-state index is 0.127. The van der Waals surface area contributed by atoms with E-state index in [9.17, 15) is 0 Å². The maximum absolute atomic E-state index is 6.45. The Labute approximate surface area is 194 Å². The summed E-state index contributed by atoms with van der Waals surface area (Å²) in [5, 5.41) is 7.14. The van der Waals surface area contributed by atoms with Gasteiger partial charge in [0, 0.05) is 17.5 Å². The third kappa shape index (κ3) is 4.31. The molecule has 3 aromatic rings. The van der Waals surface area contributed by atoms with Crippen LogP contribution in [0.15, 0.2) is 90.6 Å². The van der Waals surface area contributed by atoms with Gasteiger partial charge in [-0.25, -0.2) is 5.01 Å². The molecule has 0 saturated heterocycles. The number of ether oxygens (including phenoxy) is 3. The second-order valence-corrected chi connectivity index (χ2v) is 8.20. The second kappa shape index (κ2) is 9.41. The van der Waals surface area contributed by atoms with E-state index in [1.165, 1.54) is 5.56 Å². The van der Waals surface area contributed by atoms with Crippen molar-refractivity contribution in [3.63, 3.8) is 0 Å². The molecule has 0 aromatic heterocycles. The molecule has 168 valence electrons. The second-order valence-electron chi connectivity index (χ2n) is 8.20. The first-order valence-electron chi connectivity index (χ1n) is 11.4. The first-order valence-corrected chi connectivity index (χ1v) is 11.4. The molecule has 3 aromatic carbocycles. The normalized spacial score (nSPS) is 18.6. The van der Waals surface area contributed by atoms with E-state index in [0.29, 0.717) is 13.2 Å². The van der Waals surface area contributed by atoms with Crippen LogP contribution in [0.2, 0.25) is 0 Å². The lowest BCUT2D eigenvalue weighted by Gasteiger charge is -2.38. The number of fused-ring (bicyclic) bond motifs is 3. The number of hydrazone groups is 1. The van der Waals surface area contributed by atoms with Gasteiger partial charge in [-0.15, -0.1) is 0 Å². The lowest BCUT2D eigenvalue weighted by Crippen LogP contribution is -2.33. The summed E-state index contributed by atoms with van der Waals surface area (Å²) >= 11 is 0. The largest absolute Gasteiger partial charge is 0.494 e. The number of benzene rings is 3. The average Bonchev–Trinajstić information content (AvgIpc) is 3.32. The third-order valence-electron chi connectivity index (χ3n) is 5.89. The fourth-order valence-corrected chi connectivity index (χ4v) is 4.28. The Kier molecular flexibility index (Phi) is 6.03. The van der Waals surface area contributed by atoms with Crippen molar-refractivity contribution in [1.29, 1.82) is 0 Å². The Morgan fingerprint density at radius 3 is 2.48 bits per heavy atom. The van der Waals surface area contributed by atoms with E-state index in [0.717, 1.165) is 46.9 Å². The van der Waals surface area contributed by atoms with Crippen LogP contribution >= 0.6 is 0 Å². The van der Waals surface area contributed by atoms with Crippen LogP contribution in [0.1, 0.15) is 48.7 Å². The van der Waals surface area contributed by atoms with Crippen LogP contribution in [0, 0.1) is 0 Å². The Balaban J connectivity index is 1.44. The summed E-state index contributed by atoms with van der Waals surface area (Å²) in [5.41, 5.74) is 4.36. The number of hydrogen-bond acceptors (Lipinski definition) is 5. The van der Waals surface area contributed by atoms with E-state index in [1.54, 1.807) is 6.08 Å². The van der Waals surface area contributed by atoms with Crippen molar-refractivity contribution in [2.75, 3.05) is 13.2 Å². The zero-order chi connectivity index (χ0) is 22.6. The summed E-state index contributed by atoms with van der Waals surface area (Å²) in [5.74, 6) is 2.62. The zero-order valence-corrected chi connectivity index (χ0v) is 18.8. The standard InChI is InChI=1S/C28H28N2O3/c1-3-17-31-22-13-9-20(10-14-22)25-19-26-24-7-5-6-8-27(24)33-28(30(26)29-25)21-11-15-23(16-12-21)32-18-4-2/h3,5-16,26,28H,1,4,17-19H2,2H3. The summed E-state index contributed by atoms with van der Waals surface area (Å²) in [7, 11) is 0. The molecule has 5 heteroatoms. The number of hydrogen-bond donors (Lipinski definition) is 0. The molecule has 0 N–H and O–H groups in total. The van der Waals surface area contributed by atoms with Gasteiger partial charge < -0.3 is 14.2 Å². The third-order valence-corrected chi connectivity index (χ3v) is 5.89. The molecule has 0 spiro atoms. The van der Waals surface area contributed by atoms with Gasteiger partial charge in [-0.1, -0.05) is 37.8 Å². The summed E-state index contributed by atoms with van der Waals surface area (Å²) in [6, 6.07) is 24.6. The van der Waals surface area contributed by atoms with Gasteiger partial charge >= 0.3 is 0 Å². The molecular formula is C28H28N2O3. The van der Waals surface area contributed by atoms with Crippen LogP contribution in [0.25, 0.3) is 0 Å². The Bertz CT molecular complexity index is 1140. The SMILES string of the molecule is C=CCOc1ccc(C2=NN3C(C2)c2ccccc2OC3c2ccc(OCCC)cc2)cc1. The first-order chi connectivity index (χ1) is 16.3. The van der Waals surface area contributed by atoms with Crippen molar-refractivity contribution in [3.8, 4) is 17.2 Å². The van der Waals surface area contributed by atoms with Crippen LogP contribution in [-0.4, -0.2) is 23.9 Å². The molecular weight excluding hydrogens is 412 g/mol. The number of nitrogens with zero attached hydrogens (tertiary/aromatic N) is 2. The van der Waals surface area contributed by atoms with Gasteiger partial charge in [0.05, 0.1) is 18.4 Å². The topological polar surface area (TPSA) is 43.3 Å². The molecule has 2 unspecified atom stereocenters. The van der Waals surface area contributed by atoms with Crippen molar-refractivity contribution in [1.82, 2.24) is 5.01 Å². The van der Waals surface area contributed by atoms with E-state index >= 15 is 0 Å². The smallest absolute Gasteiger partial charge is 0.213 e. The fraction of sp³-hybridized carbons (Fsp3) is 0.250. The Morgan fingerprint density at radius 2 is 1.73 bits per heavy atom. The number of para-hydroxylation sites is 1. The lowest BCUT2D eigenvalue weighted by atomic mass is 9.96. The molecule has 2 atom stereocenters. The molecule has 0 saturated carbocycles. The fourth-order valence-electron chi connectivity index (χ4n) is 4.28. The highest BCUT2D eigenvalue weighted by atomic mass is 16.5. The predicted molar refractivity (Wildman–Crippen MR) is 130 cm³/mol. The minimum atomic E-state index is -0.294. The molecule has 2 aliphatic heterocycles. The van der Waals surface area contributed by atoms with Gasteiger partial charge in [0.2, 0.25) is 6.23 Å². The highest BCUT2D eigenvalue weighted by Gasteiger charge is 2.40. The van der Waals surface area contributed by atoms with Crippen molar-refractivity contribution < 1.29 is 14.2 Å². The Morgan fingerprint density at radius 1 is 1.00 bits per heavy atom. The number of rotatable bonds is 8. The van der Waals surface area contributed by atoms with E-state index in [4.69, 9.17) is 19.3 Å². The minimum Gasteiger partial charge on any atom is -0.494 e. The van der Waals surface area contributed by atoms with E-state index in [1.807, 2.05) is 36.4 Å². The molecule has 5 rings (SSSR count). The van der Waals surface area contributed by atoms with Crippen molar-refractivity contribution in [2.45, 2.75) is 32.0 Å². The molecule has 33 heavy (non-hydrogen) atoms. The Hall–Kier alpha value is -3.73. The van der Waals surface area contributed by atoms with Gasteiger partial charge in [-0.05, 0) is 66.6 Å². The molecule has 2 heterocycles. The molecule has 0 bridgehead atoms. The van der Waals surface area contributed by atoms with Crippen LogP contribution < -0.4 is 14.2 Å². The summed E-state index contributed by atoms with van der Waals surface area (Å²) in [6.45, 7) is 7.01. The first kappa shape index (κ1) is 21.1. The molecule has 0 aliphatic carbocycles. The van der Waals surface area contributed by atoms with Crippen LogP contribution in [0.4, 0.5) is 0 Å². The van der Waals surface area contributed by atoms with E-state index in [2.05, 4.69) is 54.9 Å². The van der Waals surface area contributed by atoms with Gasteiger partial charge in [-0.2, -0.15) is 5.10 Å². The monoisotopic (exact) mass is 440 g/mol. The van der Waals surface area contributed by atoms with Gasteiger partial charge in [-0.3, -0.25) is 0 Å². The summed E-state index contributed by atoms with van der Waals surface area (Å²) in [4.78, 5) is 0. The molecule has 0 fully saturated rings. The average molecular weight is 441 g/mol. The van der Waals surface area contributed by atoms with Gasteiger partial charge in [0.15, 0.2) is 0 Å². The molecule has 2 aliphatic rings. The predicted octanol–water partition coefficient (Wildman–Crippen LogP) is 6.28. The van der Waals surface area contributed by atoms with Crippen LogP contribution in [-0.2, 0) is 0 Å². The van der Waals surface area contributed by atoms with Crippen molar-refractivity contribution >= 4 is 5.71 Å². The summed E-state index contributed by atoms with van der Waals surface area (Å²) in [6.07, 6.45) is 3.25.